The van der Waals surface area contributed by atoms with Gasteiger partial charge < -0.3 is 19.5 Å². The number of hydroxylamine groups is 2. The van der Waals surface area contributed by atoms with Gasteiger partial charge in [-0.05, 0) is 49.1 Å². The van der Waals surface area contributed by atoms with Crippen LogP contribution in [-0.4, -0.2) is 63.2 Å². The van der Waals surface area contributed by atoms with Crippen LogP contribution in [0.25, 0.3) is 0 Å². The Balaban J connectivity index is 1.72. The van der Waals surface area contributed by atoms with Crippen molar-refractivity contribution >= 4 is 11.8 Å². The Bertz CT molecular complexity index is 675. The largest absolute Gasteiger partial charge is 0.382 e. The normalized spacial score (nSPS) is 19.1. The molecule has 0 spiro atoms. The van der Waals surface area contributed by atoms with E-state index in [-0.39, 0.29) is 13.2 Å². The Kier molecular flexibility index (Phi) is 7.93. The van der Waals surface area contributed by atoms with Gasteiger partial charge in [0.05, 0.1) is 13.2 Å². The quantitative estimate of drug-likeness (QED) is 0.529. The first kappa shape index (κ1) is 20.9. The molecule has 8 nitrogen and oxygen atoms in total. The third kappa shape index (κ3) is 5.59. The van der Waals surface area contributed by atoms with E-state index in [1.165, 1.54) is 5.56 Å². The van der Waals surface area contributed by atoms with Gasteiger partial charge in [0, 0.05) is 32.2 Å². The SMILES string of the molecule is COCCOCC(=O)N(OC1CCCCO1)C(=O)c1ccc2c(c1)CCNC2. The van der Waals surface area contributed by atoms with Gasteiger partial charge in [-0.3, -0.25) is 9.59 Å². The fourth-order valence-electron chi connectivity index (χ4n) is 3.22. The minimum atomic E-state index is -0.609. The molecule has 2 aliphatic rings. The summed E-state index contributed by atoms with van der Waals surface area (Å²) in [7, 11) is 1.55. The lowest BCUT2D eigenvalue weighted by atomic mass is 9.98. The summed E-state index contributed by atoms with van der Waals surface area (Å²) in [5.74, 6) is -1.06. The Labute approximate surface area is 165 Å². The Hall–Kier alpha value is -1.84. The number of ether oxygens (including phenoxy) is 3. The molecular formula is C20H28N2O6. The summed E-state index contributed by atoms with van der Waals surface area (Å²) in [6.45, 7) is 2.57. The number of rotatable bonds is 8. The maximum Gasteiger partial charge on any atom is 0.284 e. The maximum atomic E-state index is 13.1. The van der Waals surface area contributed by atoms with Crippen molar-refractivity contribution < 1.29 is 28.6 Å². The van der Waals surface area contributed by atoms with Crippen molar-refractivity contribution in [3.8, 4) is 0 Å². The molecule has 3 rings (SSSR count). The summed E-state index contributed by atoms with van der Waals surface area (Å²) in [5.41, 5.74) is 2.70. The first-order valence-electron chi connectivity index (χ1n) is 9.74. The molecule has 8 heteroatoms. The van der Waals surface area contributed by atoms with Crippen LogP contribution < -0.4 is 5.32 Å². The van der Waals surface area contributed by atoms with Crippen molar-refractivity contribution in [1.29, 1.82) is 0 Å². The minimum absolute atomic E-state index is 0.260. The summed E-state index contributed by atoms with van der Waals surface area (Å²) in [5, 5.41) is 4.10. The second-order valence-electron chi connectivity index (χ2n) is 6.85. The van der Waals surface area contributed by atoms with Crippen molar-refractivity contribution in [3.05, 3.63) is 34.9 Å². The molecule has 1 fully saturated rings. The molecule has 2 aliphatic heterocycles. The second-order valence-corrected chi connectivity index (χ2v) is 6.85. The molecule has 1 N–H and O–H groups in total. The molecule has 0 radical (unpaired) electrons. The van der Waals surface area contributed by atoms with Crippen molar-refractivity contribution in [1.82, 2.24) is 10.4 Å². The molecular weight excluding hydrogens is 364 g/mol. The molecule has 154 valence electrons. The zero-order valence-electron chi connectivity index (χ0n) is 16.3. The highest BCUT2D eigenvalue weighted by atomic mass is 16.8. The average molecular weight is 392 g/mol. The highest BCUT2D eigenvalue weighted by Crippen LogP contribution is 2.20. The standard InChI is InChI=1S/C20H28N2O6/c1-25-10-11-26-14-18(23)22(28-19-4-2-3-9-27-19)20(24)16-5-6-17-13-21-8-7-15(17)12-16/h5-6,12,19,21H,2-4,7-11,13-14H2,1H3. The number of carbonyl (C=O) groups is 2. The number of hydrogen-bond acceptors (Lipinski definition) is 7. The van der Waals surface area contributed by atoms with Crippen LogP contribution in [0.3, 0.4) is 0 Å². The predicted octanol–water partition coefficient (Wildman–Crippen LogP) is 1.42. The van der Waals surface area contributed by atoms with E-state index in [2.05, 4.69) is 5.32 Å². The summed E-state index contributed by atoms with van der Waals surface area (Å²) >= 11 is 0. The third-order valence-electron chi connectivity index (χ3n) is 4.77. The lowest BCUT2D eigenvalue weighted by Gasteiger charge is -2.28. The molecule has 1 aromatic rings. The van der Waals surface area contributed by atoms with Gasteiger partial charge in [0.1, 0.15) is 6.61 Å². The molecule has 0 bridgehead atoms. The van der Waals surface area contributed by atoms with E-state index in [4.69, 9.17) is 19.0 Å². The molecule has 1 unspecified atom stereocenters. The van der Waals surface area contributed by atoms with Crippen LogP contribution in [0.2, 0.25) is 0 Å². The van der Waals surface area contributed by atoms with Gasteiger partial charge in [-0.25, -0.2) is 4.84 Å². The highest BCUT2D eigenvalue weighted by Gasteiger charge is 2.29. The van der Waals surface area contributed by atoms with Crippen LogP contribution in [0.5, 0.6) is 0 Å². The number of hydrogen-bond donors (Lipinski definition) is 1. The average Bonchev–Trinajstić information content (AvgIpc) is 2.75. The van der Waals surface area contributed by atoms with Crippen LogP contribution in [0.4, 0.5) is 0 Å². The van der Waals surface area contributed by atoms with Crippen molar-refractivity contribution in [2.75, 3.05) is 40.1 Å². The number of fused-ring (bicyclic) bond motifs is 1. The molecule has 0 saturated carbocycles. The lowest BCUT2D eigenvalue weighted by Crippen LogP contribution is -2.43. The minimum Gasteiger partial charge on any atom is -0.382 e. The van der Waals surface area contributed by atoms with Crippen LogP contribution in [-0.2, 0) is 36.8 Å². The Morgan fingerprint density at radius 3 is 2.93 bits per heavy atom. The fraction of sp³-hybridized carbons (Fsp3) is 0.600. The number of benzene rings is 1. The molecule has 0 aliphatic carbocycles. The van der Waals surface area contributed by atoms with Crippen LogP contribution in [0.15, 0.2) is 18.2 Å². The van der Waals surface area contributed by atoms with Crippen molar-refractivity contribution in [2.45, 2.75) is 38.5 Å². The first-order chi connectivity index (χ1) is 13.7. The number of nitrogens with one attached hydrogen (secondary N) is 1. The van der Waals surface area contributed by atoms with E-state index in [0.29, 0.717) is 25.2 Å². The van der Waals surface area contributed by atoms with Gasteiger partial charge >= 0.3 is 0 Å². The van der Waals surface area contributed by atoms with E-state index in [9.17, 15) is 9.59 Å². The van der Waals surface area contributed by atoms with E-state index in [0.717, 1.165) is 43.0 Å². The number of methoxy groups -OCH3 is 1. The smallest absolute Gasteiger partial charge is 0.284 e. The van der Waals surface area contributed by atoms with E-state index in [1.54, 1.807) is 13.2 Å². The van der Waals surface area contributed by atoms with Gasteiger partial charge in [0.25, 0.3) is 11.8 Å². The zero-order chi connectivity index (χ0) is 19.8. The molecule has 2 heterocycles. The Morgan fingerprint density at radius 1 is 1.25 bits per heavy atom. The van der Waals surface area contributed by atoms with E-state index in [1.807, 2.05) is 12.1 Å². The van der Waals surface area contributed by atoms with E-state index >= 15 is 0 Å². The second kappa shape index (κ2) is 10.6. The number of carbonyl (C=O) groups excluding carboxylic acids is 2. The Morgan fingerprint density at radius 2 is 2.14 bits per heavy atom. The van der Waals surface area contributed by atoms with Gasteiger partial charge in [-0.2, -0.15) is 0 Å². The van der Waals surface area contributed by atoms with E-state index < -0.39 is 18.1 Å². The third-order valence-corrected chi connectivity index (χ3v) is 4.77. The lowest BCUT2D eigenvalue weighted by molar-refractivity contribution is -0.261. The molecule has 0 aromatic heterocycles. The first-order valence-corrected chi connectivity index (χ1v) is 9.74. The molecule has 1 aromatic carbocycles. The molecule has 28 heavy (non-hydrogen) atoms. The number of nitrogens with zero attached hydrogens (tertiary/aromatic N) is 1. The molecule has 1 saturated heterocycles. The van der Waals surface area contributed by atoms with Crippen LogP contribution >= 0.6 is 0 Å². The molecule has 2 amide bonds. The van der Waals surface area contributed by atoms with Gasteiger partial charge in [0.15, 0.2) is 6.29 Å². The summed E-state index contributed by atoms with van der Waals surface area (Å²) in [4.78, 5) is 31.4. The highest BCUT2D eigenvalue weighted by molar-refractivity contribution is 6.04. The summed E-state index contributed by atoms with van der Waals surface area (Å²) < 4.78 is 15.7. The van der Waals surface area contributed by atoms with Crippen molar-refractivity contribution in [3.63, 3.8) is 0 Å². The number of amides is 2. The summed E-state index contributed by atoms with van der Waals surface area (Å²) in [6, 6.07) is 5.49. The summed E-state index contributed by atoms with van der Waals surface area (Å²) in [6.07, 6.45) is 2.74. The van der Waals surface area contributed by atoms with Crippen molar-refractivity contribution in [2.24, 2.45) is 0 Å². The zero-order valence-corrected chi connectivity index (χ0v) is 16.3. The topological polar surface area (TPSA) is 86.3 Å². The van der Waals surface area contributed by atoms with Gasteiger partial charge in [0.2, 0.25) is 0 Å². The van der Waals surface area contributed by atoms with Crippen LogP contribution in [0.1, 0.15) is 40.7 Å². The van der Waals surface area contributed by atoms with Crippen LogP contribution in [0, 0.1) is 0 Å². The monoisotopic (exact) mass is 392 g/mol. The van der Waals surface area contributed by atoms with Gasteiger partial charge in [-0.15, -0.1) is 5.06 Å². The number of imide groups is 1. The fourth-order valence-corrected chi connectivity index (χ4v) is 3.22. The molecule has 1 atom stereocenters. The van der Waals surface area contributed by atoms with Gasteiger partial charge in [-0.1, -0.05) is 6.07 Å². The predicted molar refractivity (Wildman–Crippen MR) is 100 cm³/mol. The maximum absolute atomic E-state index is 13.1.